The molecule has 0 fully saturated rings. The molecule has 0 spiro atoms. The average Bonchev–Trinajstić information content (AvgIpc) is 2.45. The summed E-state index contributed by atoms with van der Waals surface area (Å²) in [6.07, 6.45) is 1.11. The van der Waals surface area contributed by atoms with E-state index in [9.17, 15) is 4.79 Å². The lowest BCUT2D eigenvalue weighted by Gasteiger charge is -2.24. The topological polar surface area (TPSA) is 32.3 Å². The van der Waals surface area contributed by atoms with E-state index in [4.69, 9.17) is 0 Å². The minimum Gasteiger partial charge on any atom is -0.345 e. The van der Waals surface area contributed by atoms with Gasteiger partial charge in [-0.05, 0) is 44.2 Å². The number of rotatable bonds is 7. The number of nitrogens with one attached hydrogen (secondary N) is 1. The Kier molecular flexibility index (Phi) is 6.90. The molecule has 3 heteroatoms. The normalized spacial score (nSPS) is 14.0. The molecule has 1 aromatic carbocycles. The van der Waals surface area contributed by atoms with Gasteiger partial charge in [0.05, 0.1) is 6.04 Å². The second kappa shape index (κ2) is 8.18. The Hall–Kier alpha value is -1.35. The van der Waals surface area contributed by atoms with Crippen LogP contribution in [0.2, 0.25) is 0 Å². The lowest BCUT2D eigenvalue weighted by Crippen LogP contribution is -2.43. The summed E-state index contributed by atoms with van der Waals surface area (Å²) in [6.45, 7) is 11.2. The Morgan fingerprint density at radius 2 is 1.71 bits per heavy atom. The van der Waals surface area contributed by atoms with Crippen molar-refractivity contribution in [3.05, 3.63) is 35.4 Å². The second-order valence-corrected chi connectivity index (χ2v) is 6.30. The highest BCUT2D eigenvalue weighted by Crippen LogP contribution is 2.16. The number of hydrogen-bond acceptors (Lipinski definition) is 2. The van der Waals surface area contributed by atoms with E-state index in [1.165, 1.54) is 11.1 Å². The average molecular weight is 290 g/mol. The highest BCUT2D eigenvalue weighted by molar-refractivity contribution is 5.81. The molecule has 0 bridgehead atoms. The molecule has 0 saturated heterocycles. The Bertz CT molecular complexity index is 439. The fourth-order valence-electron chi connectivity index (χ4n) is 2.44. The third-order valence-corrected chi connectivity index (χ3v) is 3.84. The van der Waals surface area contributed by atoms with Gasteiger partial charge in [-0.2, -0.15) is 0 Å². The molecule has 1 N–H and O–H groups in total. The highest BCUT2D eigenvalue weighted by atomic mass is 16.2. The molecule has 0 heterocycles. The van der Waals surface area contributed by atoms with Gasteiger partial charge in [-0.15, -0.1) is 0 Å². The number of carbonyl (C=O) groups excluding carboxylic acids is 1. The van der Waals surface area contributed by atoms with Gasteiger partial charge < -0.3 is 4.90 Å². The smallest absolute Gasteiger partial charge is 0.239 e. The van der Waals surface area contributed by atoms with Crippen LogP contribution in [0.1, 0.15) is 51.8 Å². The fraction of sp³-hybridized carbons (Fsp3) is 0.611. The van der Waals surface area contributed by atoms with E-state index in [1.807, 2.05) is 20.9 Å². The van der Waals surface area contributed by atoms with Gasteiger partial charge in [0.2, 0.25) is 5.91 Å². The monoisotopic (exact) mass is 290 g/mol. The van der Waals surface area contributed by atoms with Crippen LogP contribution in [0.5, 0.6) is 0 Å². The summed E-state index contributed by atoms with van der Waals surface area (Å²) in [5, 5.41) is 3.38. The molecule has 2 atom stereocenters. The van der Waals surface area contributed by atoms with Gasteiger partial charge in [0, 0.05) is 19.6 Å². The molecule has 0 radical (unpaired) electrons. The first-order chi connectivity index (χ1) is 9.85. The number of benzene rings is 1. The molecule has 1 aromatic rings. The summed E-state index contributed by atoms with van der Waals surface area (Å²) in [4.78, 5) is 13.8. The minimum atomic E-state index is -0.166. The largest absolute Gasteiger partial charge is 0.345 e. The Morgan fingerprint density at radius 1 is 1.14 bits per heavy atom. The summed E-state index contributed by atoms with van der Waals surface area (Å²) in [5.74, 6) is 0.814. The zero-order valence-electron chi connectivity index (χ0n) is 14.3. The van der Waals surface area contributed by atoms with E-state index >= 15 is 0 Å². The van der Waals surface area contributed by atoms with Gasteiger partial charge in [-0.3, -0.25) is 10.1 Å². The lowest BCUT2D eigenvalue weighted by atomic mass is 9.99. The van der Waals surface area contributed by atoms with Crippen LogP contribution in [-0.4, -0.2) is 30.4 Å². The van der Waals surface area contributed by atoms with Crippen molar-refractivity contribution in [2.45, 2.75) is 53.1 Å². The number of nitrogens with zero attached hydrogens (tertiary/aromatic N) is 1. The van der Waals surface area contributed by atoms with Gasteiger partial charge in [0.25, 0.3) is 0 Å². The fourth-order valence-corrected chi connectivity index (χ4v) is 2.44. The zero-order valence-corrected chi connectivity index (χ0v) is 14.3. The summed E-state index contributed by atoms with van der Waals surface area (Å²) in [6, 6.07) is 8.71. The standard InChI is InChI=1S/C18H30N2O/c1-7-20(6)18(21)15(5)19-14(4)17-10-8-16(9-11-17)12-13(2)3/h8-11,13-15,19H,7,12H2,1-6H3. The van der Waals surface area contributed by atoms with E-state index in [1.54, 1.807) is 4.90 Å². The highest BCUT2D eigenvalue weighted by Gasteiger charge is 2.18. The first-order valence-electron chi connectivity index (χ1n) is 7.95. The predicted octanol–water partition coefficient (Wildman–Crippen LogP) is 3.40. The molecule has 21 heavy (non-hydrogen) atoms. The second-order valence-electron chi connectivity index (χ2n) is 6.30. The number of carbonyl (C=O) groups is 1. The van der Waals surface area contributed by atoms with E-state index in [2.05, 4.69) is 50.4 Å². The van der Waals surface area contributed by atoms with Crippen LogP contribution in [0.25, 0.3) is 0 Å². The molecular formula is C18H30N2O. The molecule has 118 valence electrons. The van der Waals surface area contributed by atoms with Crippen molar-refractivity contribution in [1.82, 2.24) is 10.2 Å². The Morgan fingerprint density at radius 3 is 2.19 bits per heavy atom. The number of amides is 1. The zero-order chi connectivity index (χ0) is 16.0. The van der Waals surface area contributed by atoms with Crippen molar-refractivity contribution in [3.63, 3.8) is 0 Å². The maximum Gasteiger partial charge on any atom is 0.239 e. The van der Waals surface area contributed by atoms with Crippen LogP contribution in [0.15, 0.2) is 24.3 Å². The predicted molar refractivity (Wildman–Crippen MR) is 89.3 cm³/mol. The van der Waals surface area contributed by atoms with E-state index in [0.29, 0.717) is 5.92 Å². The van der Waals surface area contributed by atoms with Crippen LogP contribution in [0.3, 0.4) is 0 Å². The molecule has 0 aliphatic carbocycles. The van der Waals surface area contributed by atoms with Crippen molar-refractivity contribution in [1.29, 1.82) is 0 Å². The van der Waals surface area contributed by atoms with E-state index < -0.39 is 0 Å². The summed E-state index contributed by atoms with van der Waals surface area (Å²) in [7, 11) is 1.84. The Balaban J connectivity index is 2.62. The molecule has 0 aliphatic rings. The molecule has 2 unspecified atom stereocenters. The van der Waals surface area contributed by atoms with Crippen LogP contribution in [0.4, 0.5) is 0 Å². The van der Waals surface area contributed by atoms with Crippen molar-refractivity contribution < 1.29 is 4.79 Å². The number of hydrogen-bond donors (Lipinski definition) is 1. The van der Waals surface area contributed by atoms with Crippen molar-refractivity contribution in [2.24, 2.45) is 5.92 Å². The van der Waals surface area contributed by atoms with Crippen LogP contribution < -0.4 is 5.32 Å². The van der Waals surface area contributed by atoms with Crippen molar-refractivity contribution >= 4 is 5.91 Å². The molecule has 1 rings (SSSR count). The van der Waals surface area contributed by atoms with Gasteiger partial charge in [0.1, 0.15) is 0 Å². The molecule has 3 nitrogen and oxygen atoms in total. The van der Waals surface area contributed by atoms with Gasteiger partial charge in [0.15, 0.2) is 0 Å². The lowest BCUT2D eigenvalue weighted by molar-refractivity contribution is -0.131. The molecule has 1 amide bonds. The summed E-state index contributed by atoms with van der Waals surface area (Å²) < 4.78 is 0. The van der Waals surface area contributed by atoms with Crippen LogP contribution >= 0.6 is 0 Å². The first-order valence-corrected chi connectivity index (χ1v) is 7.95. The van der Waals surface area contributed by atoms with Crippen LogP contribution in [-0.2, 0) is 11.2 Å². The molecular weight excluding hydrogens is 260 g/mol. The Labute approximate surface area is 129 Å². The number of likely N-dealkylation sites (N-methyl/N-ethyl adjacent to an activating group) is 1. The molecule has 0 aliphatic heterocycles. The third-order valence-electron chi connectivity index (χ3n) is 3.84. The van der Waals surface area contributed by atoms with E-state index in [-0.39, 0.29) is 18.0 Å². The van der Waals surface area contributed by atoms with Crippen LogP contribution in [0, 0.1) is 5.92 Å². The maximum atomic E-state index is 12.1. The maximum absolute atomic E-state index is 12.1. The molecule has 0 saturated carbocycles. The summed E-state index contributed by atoms with van der Waals surface area (Å²) in [5.41, 5.74) is 2.59. The SMILES string of the molecule is CCN(C)C(=O)C(C)NC(C)c1ccc(CC(C)C)cc1. The quantitative estimate of drug-likeness (QED) is 0.834. The van der Waals surface area contributed by atoms with Gasteiger partial charge >= 0.3 is 0 Å². The third kappa shape index (κ3) is 5.50. The first kappa shape index (κ1) is 17.7. The molecule has 0 aromatic heterocycles. The van der Waals surface area contributed by atoms with Crippen molar-refractivity contribution in [3.8, 4) is 0 Å². The van der Waals surface area contributed by atoms with Crippen molar-refractivity contribution in [2.75, 3.05) is 13.6 Å². The minimum absolute atomic E-state index is 0.140. The summed E-state index contributed by atoms with van der Waals surface area (Å²) >= 11 is 0. The van der Waals surface area contributed by atoms with Gasteiger partial charge in [-0.1, -0.05) is 38.1 Å². The van der Waals surface area contributed by atoms with E-state index in [0.717, 1.165) is 13.0 Å². The van der Waals surface area contributed by atoms with Gasteiger partial charge in [-0.25, -0.2) is 0 Å².